The molecule has 1 saturated carbocycles. The highest BCUT2D eigenvalue weighted by atomic mass is 35.5. The molecule has 2 aromatic carbocycles. The Morgan fingerprint density at radius 2 is 1.85 bits per heavy atom. The fourth-order valence-corrected chi connectivity index (χ4v) is 5.78. The summed E-state index contributed by atoms with van der Waals surface area (Å²) in [5.74, 6) is 0.100. The highest BCUT2D eigenvalue weighted by molar-refractivity contribution is 6.37. The van der Waals surface area contributed by atoms with Gasteiger partial charge in [-0.25, -0.2) is 4.79 Å². The third-order valence-electron chi connectivity index (χ3n) is 7.20. The standard InChI is InChI=1S/C30H33ClN4O5/c1-17-23-26(34-40-17)24-21(31)14-9-15-22(24)35(28(23)37)20-13-8-12-19(16-20)32-27(36)25(18-10-6-5-7-11-18)33-29(38)39-30(2,3)4/h5-7,9-11,14-15,19-20,25H,8,12-13,16H2,1-4H3,(H,32,36)(H,33,38). The summed E-state index contributed by atoms with van der Waals surface area (Å²) in [5.41, 5.74) is 0.891. The van der Waals surface area contributed by atoms with Gasteiger partial charge in [0.05, 0.1) is 10.5 Å². The fourth-order valence-electron chi connectivity index (χ4n) is 5.52. The van der Waals surface area contributed by atoms with E-state index in [1.54, 1.807) is 50.5 Å². The van der Waals surface area contributed by atoms with Crippen LogP contribution in [0.3, 0.4) is 0 Å². The molecule has 2 N–H and O–H groups in total. The van der Waals surface area contributed by atoms with E-state index in [-0.39, 0.29) is 23.6 Å². The zero-order valence-electron chi connectivity index (χ0n) is 23.0. The SMILES string of the molecule is Cc1onc2c1c(=O)n(C1CCCC(NC(=O)C(NC(=O)OC(C)(C)C)c3ccccc3)C1)c1cccc(Cl)c21. The van der Waals surface area contributed by atoms with Crippen LogP contribution in [0, 0.1) is 6.92 Å². The lowest BCUT2D eigenvalue weighted by atomic mass is 9.89. The average molecular weight is 565 g/mol. The third kappa shape index (κ3) is 5.56. The van der Waals surface area contributed by atoms with Crippen LogP contribution in [-0.2, 0) is 9.53 Å². The van der Waals surface area contributed by atoms with Crippen molar-refractivity contribution in [3.05, 3.63) is 75.2 Å². The van der Waals surface area contributed by atoms with Gasteiger partial charge in [0.15, 0.2) is 0 Å². The Labute approximate surface area is 236 Å². The number of ether oxygens (including phenoxy) is 1. The molecule has 1 fully saturated rings. The van der Waals surface area contributed by atoms with Gasteiger partial charge in [-0.1, -0.05) is 53.2 Å². The van der Waals surface area contributed by atoms with Crippen molar-refractivity contribution in [3.63, 3.8) is 0 Å². The maximum atomic E-state index is 13.8. The molecule has 2 aromatic heterocycles. The summed E-state index contributed by atoms with van der Waals surface area (Å²) in [4.78, 5) is 39.9. The van der Waals surface area contributed by atoms with Crippen LogP contribution in [0.1, 0.15) is 69.9 Å². The van der Waals surface area contributed by atoms with Gasteiger partial charge in [-0.2, -0.15) is 0 Å². The molecular weight excluding hydrogens is 532 g/mol. The lowest BCUT2D eigenvalue weighted by Crippen LogP contribution is -2.47. The van der Waals surface area contributed by atoms with Crippen LogP contribution in [0.4, 0.5) is 4.79 Å². The minimum Gasteiger partial charge on any atom is -0.444 e. The van der Waals surface area contributed by atoms with E-state index in [1.165, 1.54) is 0 Å². The number of carbonyl (C=O) groups is 2. The molecule has 0 spiro atoms. The number of rotatable bonds is 5. The first kappa shape index (κ1) is 27.7. The second-order valence-electron chi connectivity index (χ2n) is 11.3. The van der Waals surface area contributed by atoms with Crippen molar-refractivity contribution in [3.8, 4) is 0 Å². The predicted octanol–water partition coefficient (Wildman–Crippen LogP) is 5.97. The Balaban J connectivity index is 1.43. The van der Waals surface area contributed by atoms with Crippen molar-refractivity contribution in [1.82, 2.24) is 20.4 Å². The first-order valence-electron chi connectivity index (χ1n) is 13.5. The minimum atomic E-state index is -0.935. The van der Waals surface area contributed by atoms with Crippen molar-refractivity contribution in [2.24, 2.45) is 0 Å². The smallest absolute Gasteiger partial charge is 0.408 e. The maximum Gasteiger partial charge on any atom is 0.408 e. The topological polar surface area (TPSA) is 115 Å². The maximum absolute atomic E-state index is 13.8. The van der Waals surface area contributed by atoms with Crippen LogP contribution in [0.15, 0.2) is 57.8 Å². The number of amides is 2. The molecule has 0 bridgehead atoms. The number of carbonyl (C=O) groups excluding carboxylic acids is 2. The van der Waals surface area contributed by atoms with Gasteiger partial charge in [0, 0.05) is 17.5 Å². The van der Waals surface area contributed by atoms with E-state index in [0.29, 0.717) is 44.6 Å². The normalized spacial score (nSPS) is 18.4. The number of alkyl carbamates (subject to hydrolysis) is 1. The zero-order chi connectivity index (χ0) is 28.6. The van der Waals surface area contributed by atoms with Crippen molar-refractivity contribution in [2.45, 2.75) is 77.1 Å². The number of fused-ring (bicyclic) bond motifs is 3. The predicted molar refractivity (Wildman–Crippen MR) is 154 cm³/mol. The fraction of sp³-hybridized carbons (Fsp3) is 0.400. The first-order valence-corrected chi connectivity index (χ1v) is 13.8. The Bertz CT molecular complexity index is 1620. The molecule has 3 atom stereocenters. The molecule has 5 rings (SSSR count). The van der Waals surface area contributed by atoms with Gasteiger partial charge in [0.1, 0.15) is 28.3 Å². The quantitative estimate of drug-likeness (QED) is 0.308. The number of hydrogen-bond acceptors (Lipinski definition) is 6. The van der Waals surface area contributed by atoms with Crippen LogP contribution in [-0.4, -0.2) is 33.4 Å². The average Bonchev–Trinajstić information content (AvgIpc) is 3.28. The third-order valence-corrected chi connectivity index (χ3v) is 7.51. The van der Waals surface area contributed by atoms with Crippen LogP contribution >= 0.6 is 11.6 Å². The van der Waals surface area contributed by atoms with E-state index in [2.05, 4.69) is 15.8 Å². The van der Waals surface area contributed by atoms with Gasteiger partial charge in [-0.05, 0) is 71.1 Å². The number of benzene rings is 2. The molecule has 0 radical (unpaired) electrons. The molecule has 2 amide bonds. The van der Waals surface area contributed by atoms with E-state index < -0.39 is 17.7 Å². The van der Waals surface area contributed by atoms with E-state index in [0.717, 1.165) is 19.3 Å². The Kier molecular flexibility index (Phi) is 7.59. The van der Waals surface area contributed by atoms with Gasteiger partial charge >= 0.3 is 6.09 Å². The van der Waals surface area contributed by atoms with E-state index in [1.807, 2.05) is 30.3 Å². The lowest BCUT2D eigenvalue weighted by molar-refractivity contribution is -0.124. The van der Waals surface area contributed by atoms with Crippen LogP contribution in [0.25, 0.3) is 21.8 Å². The Morgan fingerprint density at radius 3 is 2.58 bits per heavy atom. The highest BCUT2D eigenvalue weighted by Gasteiger charge is 2.32. The molecule has 210 valence electrons. The van der Waals surface area contributed by atoms with Crippen molar-refractivity contribution >= 4 is 45.4 Å². The summed E-state index contributed by atoms with van der Waals surface area (Å²) in [6, 6.07) is 13.2. The Hall–Kier alpha value is -3.85. The number of nitrogens with one attached hydrogen (secondary N) is 2. The molecule has 1 aliphatic carbocycles. The number of pyridine rings is 1. The summed E-state index contributed by atoms with van der Waals surface area (Å²) in [6.45, 7) is 7.02. The molecular formula is C30H33ClN4O5. The van der Waals surface area contributed by atoms with Crippen LogP contribution in [0.5, 0.6) is 0 Å². The minimum absolute atomic E-state index is 0.180. The zero-order valence-corrected chi connectivity index (χ0v) is 23.7. The molecule has 10 heteroatoms. The summed E-state index contributed by atoms with van der Waals surface area (Å²) in [6.07, 6.45) is 2.18. The number of nitrogens with zero attached hydrogens (tertiary/aromatic N) is 2. The molecule has 40 heavy (non-hydrogen) atoms. The van der Waals surface area contributed by atoms with Gasteiger partial charge in [-0.3, -0.25) is 9.59 Å². The van der Waals surface area contributed by atoms with Gasteiger partial charge in [-0.15, -0.1) is 0 Å². The van der Waals surface area contributed by atoms with E-state index in [9.17, 15) is 14.4 Å². The Morgan fingerprint density at radius 1 is 1.10 bits per heavy atom. The number of hydrogen-bond donors (Lipinski definition) is 2. The highest BCUT2D eigenvalue weighted by Crippen LogP contribution is 2.35. The molecule has 0 saturated heterocycles. The molecule has 4 aromatic rings. The second-order valence-corrected chi connectivity index (χ2v) is 11.7. The largest absolute Gasteiger partial charge is 0.444 e. The molecule has 9 nitrogen and oxygen atoms in total. The van der Waals surface area contributed by atoms with Crippen molar-refractivity contribution < 1.29 is 18.8 Å². The molecule has 2 heterocycles. The van der Waals surface area contributed by atoms with Crippen molar-refractivity contribution in [1.29, 1.82) is 0 Å². The van der Waals surface area contributed by atoms with E-state index in [4.69, 9.17) is 20.9 Å². The van der Waals surface area contributed by atoms with Crippen LogP contribution in [0.2, 0.25) is 5.02 Å². The number of halogens is 1. The van der Waals surface area contributed by atoms with E-state index >= 15 is 0 Å². The van der Waals surface area contributed by atoms with Gasteiger partial charge in [0.2, 0.25) is 5.91 Å². The molecule has 3 unspecified atom stereocenters. The summed E-state index contributed by atoms with van der Waals surface area (Å²) >= 11 is 6.58. The molecule has 1 aliphatic rings. The number of aryl methyl sites for hydroxylation is 1. The lowest BCUT2D eigenvalue weighted by Gasteiger charge is -2.33. The first-order chi connectivity index (χ1) is 19.0. The second kappa shape index (κ2) is 11.0. The summed E-state index contributed by atoms with van der Waals surface area (Å²) in [7, 11) is 0. The van der Waals surface area contributed by atoms with Gasteiger partial charge < -0.3 is 24.5 Å². The monoisotopic (exact) mass is 564 g/mol. The number of aromatic nitrogens is 2. The summed E-state index contributed by atoms with van der Waals surface area (Å²) < 4.78 is 12.6. The van der Waals surface area contributed by atoms with Crippen molar-refractivity contribution in [2.75, 3.05) is 0 Å². The summed E-state index contributed by atoms with van der Waals surface area (Å²) in [5, 5.41) is 11.6. The molecule has 0 aliphatic heterocycles. The van der Waals surface area contributed by atoms with Gasteiger partial charge in [0.25, 0.3) is 5.56 Å². The van der Waals surface area contributed by atoms with Crippen LogP contribution < -0.4 is 16.2 Å².